The van der Waals surface area contributed by atoms with Gasteiger partial charge in [0.1, 0.15) is 11.6 Å². The van der Waals surface area contributed by atoms with Gasteiger partial charge in [-0.05, 0) is 34.1 Å². The molecule has 17 heavy (non-hydrogen) atoms. The predicted octanol–water partition coefficient (Wildman–Crippen LogP) is 2.23. The molecule has 0 aromatic rings. The van der Waals surface area contributed by atoms with Gasteiger partial charge in [0.05, 0.1) is 0 Å². The molecule has 0 aromatic carbocycles. The summed E-state index contributed by atoms with van der Waals surface area (Å²) in [7, 11) is 0. The molecule has 1 heterocycles. The van der Waals surface area contributed by atoms with E-state index in [1.54, 1.807) is 6.92 Å². The summed E-state index contributed by atoms with van der Waals surface area (Å²) in [6.07, 6.45) is 2.24. The number of carbonyl (C=O) groups is 2. The zero-order valence-corrected chi connectivity index (χ0v) is 12.2. The van der Waals surface area contributed by atoms with E-state index >= 15 is 0 Å². The number of nitrogens with zero attached hydrogens (tertiary/aromatic N) is 1. The van der Waals surface area contributed by atoms with E-state index in [0.717, 1.165) is 10.9 Å². The van der Waals surface area contributed by atoms with Gasteiger partial charge in [-0.2, -0.15) is 0 Å². The van der Waals surface area contributed by atoms with E-state index < -0.39 is 11.6 Å². The number of hydrogen-bond acceptors (Lipinski definition) is 3. The standard InChI is InChI=1S/C12H18BrNO3/c1-8(11(16)17-12(2,3)4)14-6-5-9(13)7-10(14)15/h7-8H,5-6H2,1-4H3. The molecule has 1 aliphatic rings. The van der Waals surface area contributed by atoms with Gasteiger partial charge in [-0.1, -0.05) is 15.9 Å². The number of rotatable bonds is 2. The van der Waals surface area contributed by atoms with Crippen LogP contribution in [0.2, 0.25) is 0 Å². The van der Waals surface area contributed by atoms with Gasteiger partial charge in [-0.3, -0.25) is 4.79 Å². The summed E-state index contributed by atoms with van der Waals surface area (Å²) in [5, 5.41) is 0. The topological polar surface area (TPSA) is 46.6 Å². The lowest BCUT2D eigenvalue weighted by atomic mass is 10.1. The second-order valence-corrected chi connectivity index (χ2v) is 6.10. The molecule has 4 nitrogen and oxygen atoms in total. The first-order valence-corrected chi connectivity index (χ1v) is 6.39. The van der Waals surface area contributed by atoms with Crippen LogP contribution >= 0.6 is 15.9 Å². The third-order valence-corrected chi connectivity index (χ3v) is 3.00. The van der Waals surface area contributed by atoms with Crippen molar-refractivity contribution < 1.29 is 14.3 Å². The Kier molecular flexibility index (Phi) is 4.36. The molecule has 0 aromatic heterocycles. The number of hydrogen-bond donors (Lipinski definition) is 0. The second kappa shape index (κ2) is 5.21. The fraction of sp³-hybridized carbons (Fsp3) is 0.667. The van der Waals surface area contributed by atoms with Crippen molar-refractivity contribution in [3.63, 3.8) is 0 Å². The van der Waals surface area contributed by atoms with Gasteiger partial charge in [0.2, 0.25) is 5.91 Å². The first-order valence-electron chi connectivity index (χ1n) is 5.60. The molecule has 0 N–H and O–H groups in total. The third kappa shape index (κ3) is 4.15. The summed E-state index contributed by atoms with van der Waals surface area (Å²) >= 11 is 3.29. The van der Waals surface area contributed by atoms with Crippen molar-refractivity contribution in [3.05, 3.63) is 10.6 Å². The van der Waals surface area contributed by atoms with Gasteiger partial charge in [0.15, 0.2) is 0 Å². The highest BCUT2D eigenvalue weighted by molar-refractivity contribution is 9.11. The lowest BCUT2D eigenvalue weighted by Crippen LogP contribution is -2.46. The lowest BCUT2D eigenvalue weighted by molar-refractivity contribution is -0.163. The molecule has 1 amide bonds. The Labute approximate surface area is 110 Å². The minimum atomic E-state index is -0.543. The molecule has 0 spiro atoms. The van der Waals surface area contributed by atoms with Crippen LogP contribution in [0.4, 0.5) is 0 Å². The summed E-state index contributed by atoms with van der Waals surface area (Å²) in [4.78, 5) is 25.1. The van der Waals surface area contributed by atoms with E-state index in [0.29, 0.717) is 6.54 Å². The summed E-state index contributed by atoms with van der Waals surface area (Å²) < 4.78 is 6.13. The monoisotopic (exact) mass is 303 g/mol. The number of ether oxygens (including phenoxy) is 1. The van der Waals surface area contributed by atoms with Crippen molar-refractivity contribution in [2.24, 2.45) is 0 Å². The minimum Gasteiger partial charge on any atom is -0.458 e. The summed E-state index contributed by atoms with van der Waals surface area (Å²) in [5.74, 6) is -0.515. The Morgan fingerprint density at radius 2 is 2.12 bits per heavy atom. The fourth-order valence-corrected chi connectivity index (χ4v) is 1.90. The van der Waals surface area contributed by atoms with Gasteiger partial charge in [-0.25, -0.2) is 4.79 Å². The van der Waals surface area contributed by atoms with Crippen LogP contribution in [0.15, 0.2) is 10.6 Å². The van der Waals surface area contributed by atoms with Crippen LogP contribution in [0.25, 0.3) is 0 Å². The fourth-order valence-electron chi connectivity index (χ4n) is 1.53. The number of esters is 1. The number of amides is 1. The average molecular weight is 304 g/mol. The van der Waals surface area contributed by atoms with Crippen LogP contribution in [-0.2, 0) is 14.3 Å². The Morgan fingerprint density at radius 1 is 1.53 bits per heavy atom. The first kappa shape index (κ1) is 14.2. The van der Waals surface area contributed by atoms with Gasteiger partial charge in [0.25, 0.3) is 0 Å². The average Bonchev–Trinajstić information content (AvgIpc) is 2.14. The first-order chi connectivity index (χ1) is 7.70. The molecular formula is C12H18BrNO3. The van der Waals surface area contributed by atoms with Crippen molar-refractivity contribution in [1.29, 1.82) is 0 Å². The Balaban J connectivity index is 2.68. The summed E-state index contributed by atoms with van der Waals surface area (Å²) in [6.45, 7) is 7.67. The second-order valence-electron chi connectivity index (χ2n) is 5.08. The van der Waals surface area contributed by atoms with Crippen LogP contribution < -0.4 is 0 Å². The Bertz CT molecular complexity index is 357. The summed E-state index contributed by atoms with van der Waals surface area (Å²) in [5.41, 5.74) is -0.527. The SMILES string of the molecule is CC(C(=O)OC(C)(C)C)N1CCC(Br)=CC1=O. The summed E-state index contributed by atoms with van der Waals surface area (Å²) in [6, 6.07) is -0.543. The van der Waals surface area contributed by atoms with Gasteiger partial charge in [-0.15, -0.1) is 0 Å². The van der Waals surface area contributed by atoms with E-state index in [2.05, 4.69) is 15.9 Å². The molecule has 0 saturated heterocycles. The highest BCUT2D eigenvalue weighted by Gasteiger charge is 2.30. The maximum atomic E-state index is 11.8. The zero-order valence-electron chi connectivity index (χ0n) is 10.6. The van der Waals surface area contributed by atoms with Gasteiger partial charge >= 0.3 is 5.97 Å². The smallest absolute Gasteiger partial charge is 0.329 e. The minimum absolute atomic E-state index is 0.151. The molecule has 0 bridgehead atoms. The van der Waals surface area contributed by atoms with Crippen molar-refractivity contribution in [3.8, 4) is 0 Å². The molecule has 96 valence electrons. The highest BCUT2D eigenvalue weighted by Crippen LogP contribution is 2.20. The lowest BCUT2D eigenvalue weighted by Gasteiger charge is -2.31. The number of halogens is 1. The van der Waals surface area contributed by atoms with Gasteiger partial charge in [0, 0.05) is 17.1 Å². The molecular weight excluding hydrogens is 286 g/mol. The van der Waals surface area contributed by atoms with E-state index in [4.69, 9.17) is 4.74 Å². The molecule has 0 fully saturated rings. The predicted molar refractivity (Wildman–Crippen MR) is 68.6 cm³/mol. The number of carbonyl (C=O) groups excluding carboxylic acids is 2. The normalized spacial score (nSPS) is 18.8. The highest BCUT2D eigenvalue weighted by atomic mass is 79.9. The molecule has 1 aliphatic heterocycles. The molecule has 1 rings (SSSR count). The van der Waals surface area contributed by atoms with E-state index in [9.17, 15) is 9.59 Å². The van der Waals surface area contributed by atoms with Crippen molar-refractivity contribution >= 4 is 27.8 Å². The third-order valence-electron chi connectivity index (χ3n) is 2.37. The molecule has 0 radical (unpaired) electrons. The van der Waals surface area contributed by atoms with Crippen molar-refractivity contribution in [2.45, 2.75) is 45.8 Å². The zero-order chi connectivity index (χ0) is 13.2. The van der Waals surface area contributed by atoms with Crippen LogP contribution in [0.5, 0.6) is 0 Å². The molecule has 0 saturated carbocycles. The Morgan fingerprint density at radius 3 is 2.59 bits per heavy atom. The maximum absolute atomic E-state index is 11.8. The Hall–Kier alpha value is -0.840. The molecule has 5 heteroatoms. The van der Waals surface area contributed by atoms with Crippen LogP contribution in [-0.4, -0.2) is 35.0 Å². The van der Waals surface area contributed by atoms with E-state index in [1.807, 2.05) is 20.8 Å². The van der Waals surface area contributed by atoms with Crippen LogP contribution in [0, 0.1) is 0 Å². The van der Waals surface area contributed by atoms with E-state index in [-0.39, 0.29) is 11.9 Å². The van der Waals surface area contributed by atoms with Gasteiger partial charge < -0.3 is 9.64 Å². The molecule has 1 atom stereocenters. The molecule has 0 aliphatic carbocycles. The largest absolute Gasteiger partial charge is 0.458 e. The van der Waals surface area contributed by atoms with Crippen LogP contribution in [0.1, 0.15) is 34.1 Å². The van der Waals surface area contributed by atoms with Crippen molar-refractivity contribution in [1.82, 2.24) is 4.90 Å². The van der Waals surface area contributed by atoms with Crippen LogP contribution in [0.3, 0.4) is 0 Å². The van der Waals surface area contributed by atoms with Crippen molar-refractivity contribution in [2.75, 3.05) is 6.54 Å². The molecule has 1 unspecified atom stereocenters. The maximum Gasteiger partial charge on any atom is 0.329 e. The quantitative estimate of drug-likeness (QED) is 0.735. The van der Waals surface area contributed by atoms with E-state index in [1.165, 1.54) is 11.0 Å².